The molecule has 0 bridgehead atoms. The largest absolute Gasteiger partial charge is 0.271 e. The van der Waals surface area contributed by atoms with Gasteiger partial charge in [-0.15, -0.1) is 0 Å². The third-order valence-corrected chi connectivity index (χ3v) is 4.75. The number of rotatable bonds is 6. The molecule has 25 heavy (non-hydrogen) atoms. The van der Waals surface area contributed by atoms with Gasteiger partial charge < -0.3 is 0 Å². The topological polar surface area (TPSA) is 78.8 Å². The summed E-state index contributed by atoms with van der Waals surface area (Å²) >= 11 is 11.9. The molecule has 0 heterocycles. The number of benzene rings is 2. The summed E-state index contributed by atoms with van der Waals surface area (Å²) in [6.45, 7) is -0.481. The van der Waals surface area contributed by atoms with Gasteiger partial charge in [-0.1, -0.05) is 53.5 Å². The number of nitrogens with one attached hydrogen (secondary N) is 1. The second-order valence-corrected chi connectivity index (χ2v) is 7.82. The summed E-state index contributed by atoms with van der Waals surface area (Å²) in [6, 6.07) is 13.5. The van der Waals surface area contributed by atoms with Crippen molar-refractivity contribution in [1.29, 1.82) is 0 Å². The summed E-state index contributed by atoms with van der Waals surface area (Å²) < 4.78 is 24.9. The van der Waals surface area contributed by atoms with Crippen LogP contribution in [0.15, 0.2) is 53.6 Å². The quantitative estimate of drug-likeness (QED) is 0.598. The fraction of sp³-hybridized carbons (Fsp3) is 0.125. The number of carbonyl (C=O) groups is 1. The first-order valence-electron chi connectivity index (χ1n) is 7.07. The van der Waals surface area contributed by atoms with Crippen LogP contribution in [0.1, 0.15) is 5.56 Å². The van der Waals surface area contributed by atoms with Gasteiger partial charge in [-0.2, -0.15) is 5.10 Å². The van der Waals surface area contributed by atoms with Crippen molar-refractivity contribution in [2.45, 2.75) is 0 Å². The second kappa shape index (κ2) is 8.33. The van der Waals surface area contributed by atoms with E-state index in [1.807, 2.05) is 30.3 Å². The van der Waals surface area contributed by atoms with Crippen molar-refractivity contribution in [3.8, 4) is 0 Å². The first kappa shape index (κ1) is 19.2. The van der Waals surface area contributed by atoms with Gasteiger partial charge in [0.25, 0.3) is 5.91 Å². The number of nitrogens with zero attached hydrogens (tertiary/aromatic N) is 2. The Morgan fingerprint density at radius 2 is 1.88 bits per heavy atom. The van der Waals surface area contributed by atoms with Crippen molar-refractivity contribution in [2.75, 3.05) is 17.1 Å². The number of hydrazone groups is 1. The lowest BCUT2D eigenvalue weighted by Gasteiger charge is -2.22. The van der Waals surface area contributed by atoms with Crippen LogP contribution in [0.5, 0.6) is 0 Å². The van der Waals surface area contributed by atoms with Crippen molar-refractivity contribution in [2.24, 2.45) is 5.10 Å². The lowest BCUT2D eigenvalue weighted by atomic mass is 10.2. The second-order valence-electron chi connectivity index (χ2n) is 5.07. The number of amides is 1. The monoisotopic (exact) mass is 399 g/mol. The average Bonchev–Trinajstić information content (AvgIpc) is 2.55. The number of halogens is 2. The molecule has 0 aliphatic heterocycles. The van der Waals surface area contributed by atoms with Crippen LogP contribution in [-0.2, 0) is 14.8 Å². The summed E-state index contributed by atoms with van der Waals surface area (Å²) in [5, 5.41) is 4.27. The summed E-state index contributed by atoms with van der Waals surface area (Å²) in [7, 11) is -3.75. The molecular weight excluding hydrogens is 385 g/mol. The Morgan fingerprint density at radius 3 is 2.52 bits per heavy atom. The lowest BCUT2D eigenvalue weighted by Crippen LogP contribution is -2.39. The third-order valence-electron chi connectivity index (χ3n) is 3.07. The summed E-state index contributed by atoms with van der Waals surface area (Å²) in [6.07, 6.45) is 2.43. The maximum absolute atomic E-state index is 12.1. The van der Waals surface area contributed by atoms with E-state index in [1.54, 1.807) is 0 Å². The fourth-order valence-corrected chi connectivity index (χ4v) is 3.24. The molecule has 0 aromatic heterocycles. The zero-order chi connectivity index (χ0) is 18.4. The first-order valence-corrected chi connectivity index (χ1v) is 9.67. The highest BCUT2D eigenvalue weighted by atomic mass is 35.5. The summed E-state index contributed by atoms with van der Waals surface area (Å²) in [4.78, 5) is 12.1. The van der Waals surface area contributed by atoms with Crippen LogP contribution < -0.4 is 9.73 Å². The van der Waals surface area contributed by atoms with Gasteiger partial charge in [0, 0.05) is 5.02 Å². The van der Waals surface area contributed by atoms with E-state index in [-0.39, 0.29) is 10.7 Å². The number of hydrogen-bond acceptors (Lipinski definition) is 4. The van der Waals surface area contributed by atoms with Crippen LogP contribution in [0.4, 0.5) is 5.69 Å². The Kier molecular flexibility index (Phi) is 6.41. The first-order chi connectivity index (χ1) is 11.8. The van der Waals surface area contributed by atoms with E-state index in [1.165, 1.54) is 24.4 Å². The molecule has 0 aliphatic carbocycles. The van der Waals surface area contributed by atoms with Crippen molar-refractivity contribution in [1.82, 2.24) is 5.43 Å². The minimum atomic E-state index is -3.75. The van der Waals surface area contributed by atoms with E-state index < -0.39 is 22.5 Å². The Hall–Kier alpha value is -2.09. The Bertz CT molecular complexity index is 887. The van der Waals surface area contributed by atoms with E-state index in [4.69, 9.17) is 23.2 Å². The van der Waals surface area contributed by atoms with Crippen LogP contribution in [0, 0.1) is 0 Å². The molecule has 6 nitrogen and oxygen atoms in total. The molecule has 0 saturated heterocycles. The van der Waals surface area contributed by atoms with Gasteiger partial charge in [0.15, 0.2) is 0 Å². The van der Waals surface area contributed by atoms with E-state index in [0.717, 1.165) is 16.1 Å². The predicted molar refractivity (Wildman–Crippen MR) is 101 cm³/mol. The lowest BCUT2D eigenvalue weighted by molar-refractivity contribution is -0.119. The SMILES string of the molecule is CS(=O)(=O)N(CC(=O)N/N=C\c1ccccc1)c1cc(Cl)ccc1Cl. The molecule has 1 amide bonds. The van der Waals surface area contributed by atoms with Gasteiger partial charge in [-0.05, 0) is 23.8 Å². The highest BCUT2D eigenvalue weighted by Crippen LogP contribution is 2.30. The van der Waals surface area contributed by atoms with Crippen molar-refractivity contribution < 1.29 is 13.2 Å². The maximum atomic E-state index is 12.1. The predicted octanol–water partition coefficient (Wildman–Crippen LogP) is 2.91. The van der Waals surface area contributed by atoms with E-state index in [0.29, 0.717) is 5.02 Å². The minimum Gasteiger partial charge on any atom is -0.271 e. The molecule has 0 radical (unpaired) electrons. The van der Waals surface area contributed by atoms with Gasteiger partial charge >= 0.3 is 0 Å². The molecule has 132 valence electrons. The highest BCUT2D eigenvalue weighted by Gasteiger charge is 2.23. The molecule has 0 atom stereocenters. The molecule has 9 heteroatoms. The normalized spacial score (nSPS) is 11.5. The Morgan fingerprint density at radius 1 is 1.20 bits per heavy atom. The highest BCUT2D eigenvalue weighted by molar-refractivity contribution is 7.92. The van der Waals surface area contributed by atoms with Crippen molar-refractivity contribution >= 4 is 51.0 Å². The molecule has 2 aromatic carbocycles. The minimum absolute atomic E-state index is 0.124. The fourth-order valence-electron chi connectivity index (χ4n) is 1.94. The summed E-state index contributed by atoms with van der Waals surface area (Å²) in [5.74, 6) is -0.617. The molecule has 0 saturated carbocycles. The molecule has 0 aliphatic rings. The molecule has 0 fully saturated rings. The Labute approximate surface area is 156 Å². The van der Waals surface area contributed by atoms with Gasteiger partial charge in [-0.3, -0.25) is 9.10 Å². The zero-order valence-corrected chi connectivity index (χ0v) is 15.5. The van der Waals surface area contributed by atoms with Crippen LogP contribution in [0.2, 0.25) is 10.0 Å². The third kappa shape index (κ3) is 5.74. The molecule has 1 N–H and O–H groups in total. The van der Waals surface area contributed by atoms with Crippen LogP contribution >= 0.6 is 23.2 Å². The van der Waals surface area contributed by atoms with Crippen molar-refractivity contribution in [3.05, 3.63) is 64.1 Å². The van der Waals surface area contributed by atoms with Gasteiger partial charge in [0.1, 0.15) is 6.54 Å². The maximum Gasteiger partial charge on any atom is 0.260 e. The molecule has 0 spiro atoms. The van der Waals surface area contributed by atoms with Gasteiger partial charge in [-0.25, -0.2) is 13.8 Å². The number of anilines is 1. The van der Waals surface area contributed by atoms with Crippen molar-refractivity contribution in [3.63, 3.8) is 0 Å². The van der Waals surface area contributed by atoms with Gasteiger partial charge in [0.2, 0.25) is 10.0 Å². The molecule has 2 aromatic rings. The number of carbonyl (C=O) groups excluding carboxylic acids is 1. The molecule has 2 rings (SSSR count). The smallest absolute Gasteiger partial charge is 0.260 e. The van der Waals surface area contributed by atoms with Crippen LogP contribution in [-0.4, -0.2) is 33.3 Å². The van der Waals surface area contributed by atoms with E-state index in [9.17, 15) is 13.2 Å². The van der Waals surface area contributed by atoms with Crippen LogP contribution in [0.3, 0.4) is 0 Å². The molecule has 0 unspecified atom stereocenters. The molecular formula is C16H15Cl2N3O3S. The van der Waals surface area contributed by atoms with Gasteiger partial charge in [0.05, 0.1) is 23.2 Å². The van der Waals surface area contributed by atoms with E-state index >= 15 is 0 Å². The standard InChI is InChI=1S/C16H15Cl2N3O3S/c1-25(23,24)21(15-9-13(17)7-8-14(15)18)11-16(22)20-19-10-12-5-3-2-4-6-12/h2-10H,11H2,1H3,(H,20,22)/b19-10-. The Balaban J connectivity index is 2.14. The van der Waals surface area contributed by atoms with Crippen LogP contribution in [0.25, 0.3) is 0 Å². The van der Waals surface area contributed by atoms with E-state index in [2.05, 4.69) is 10.5 Å². The summed E-state index contributed by atoms with van der Waals surface area (Å²) in [5.41, 5.74) is 3.20. The number of hydrogen-bond donors (Lipinski definition) is 1. The average molecular weight is 400 g/mol. The number of sulfonamides is 1. The zero-order valence-electron chi connectivity index (χ0n) is 13.2.